The molecule has 9 nitrogen and oxygen atoms in total. The van der Waals surface area contributed by atoms with Crippen LogP contribution in [0.25, 0.3) is 21.8 Å². The number of sulfonamides is 1. The number of rotatable bonds is 4. The van der Waals surface area contributed by atoms with Crippen LogP contribution in [0.15, 0.2) is 34.1 Å². The molecule has 0 saturated carbocycles. The molecular formula is C15H15N3O6S. The van der Waals surface area contributed by atoms with Crippen LogP contribution >= 0.6 is 0 Å². The number of fused-ring (bicyclic) bond motifs is 3. The van der Waals surface area contributed by atoms with Crippen molar-refractivity contribution < 1.29 is 22.7 Å². The maximum atomic E-state index is 12.2. The predicted molar refractivity (Wildman–Crippen MR) is 90.3 cm³/mol. The number of ether oxygens (including phenoxy) is 2. The van der Waals surface area contributed by atoms with Gasteiger partial charge < -0.3 is 19.4 Å². The van der Waals surface area contributed by atoms with Crippen LogP contribution in [-0.2, 0) is 14.8 Å². The molecule has 0 aliphatic carbocycles. The minimum absolute atomic E-state index is 0.0131. The topological polar surface area (TPSA) is 130 Å². The summed E-state index contributed by atoms with van der Waals surface area (Å²) < 4.78 is 36.1. The van der Waals surface area contributed by atoms with Crippen LogP contribution in [0.4, 0.5) is 4.79 Å². The molecule has 3 rings (SSSR count). The summed E-state index contributed by atoms with van der Waals surface area (Å²) in [6.45, 7) is 1.76. The second-order valence-electron chi connectivity index (χ2n) is 5.06. The summed E-state index contributed by atoms with van der Waals surface area (Å²) >= 11 is 0. The monoisotopic (exact) mass is 365 g/mol. The van der Waals surface area contributed by atoms with Gasteiger partial charge in [0.05, 0.1) is 16.9 Å². The number of aromatic nitrogens is 2. The Kier molecular flexibility index (Phi) is 4.23. The Labute approximate surface area is 142 Å². The smallest absolute Gasteiger partial charge is 0.434 e. The van der Waals surface area contributed by atoms with E-state index in [9.17, 15) is 18.0 Å². The Morgan fingerprint density at radius 3 is 2.76 bits per heavy atom. The van der Waals surface area contributed by atoms with Crippen molar-refractivity contribution in [3.8, 4) is 5.75 Å². The lowest BCUT2D eigenvalue weighted by molar-refractivity contribution is 0.105. The van der Waals surface area contributed by atoms with Crippen molar-refractivity contribution in [3.63, 3.8) is 0 Å². The van der Waals surface area contributed by atoms with Crippen molar-refractivity contribution in [2.45, 2.75) is 11.8 Å². The van der Waals surface area contributed by atoms with Gasteiger partial charge in [0.1, 0.15) is 5.52 Å². The van der Waals surface area contributed by atoms with Gasteiger partial charge in [0.2, 0.25) is 10.0 Å². The average Bonchev–Trinajstić information content (AvgIpc) is 2.99. The first-order chi connectivity index (χ1) is 11.9. The number of carbonyl (C=O) groups is 1. The molecule has 132 valence electrons. The number of H-pyrrole nitrogens is 2. The molecular weight excluding hydrogens is 350 g/mol. The molecule has 0 spiro atoms. The fourth-order valence-corrected chi connectivity index (χ4v) is 3.23. The van der Waals surface area contributed by atoms with E-state index < -0.39 is 21.7 Å². The first kappa shape index (κ1) is 17.0. The molecule has 2 aromatic heterocycles. The third kappa shape index (κ3) is 2.96. The lowest BCUT2D eigenvalue weighted by Crippen LogP contribution is -2.18. The molecule has 0 saturated heterocycles. The van der Waals surface area contributed by atoms with Crippen LogP contribution in [0.1, 0.15) is 6.92 Å². The first-order valence-electron chi connectivity index (χ1n) is 7.32. The summed E-state index contributed by atoms with van der Waals surface area (Å²) in [6, 6.07) is 4.24. The van der Waals surface area contributed by atoms with Gasteiger partial charge in [-0.05, 0) is 32.2 Å². The number of benzene rings is 1. The summed E-state index contributed by atoms with van der Waals surface area (Å²) in [5, 5.41) is 0.700. The summed E-state index contributed by atoms with van der Waals surface area (Å²) in [5.74, 6) is 0.0727. The Bertz CT molecular complexity index is 1130. The normalized spacial score (nSPS) is 11.8. The van der Waals surface area contributed by atoms with Gasteiger partial charge in [0, 0.05) is 17.1 Å². The molecule has 25 heavy (non-hydrogen) atoms. The minimum atomic E-state index is -3.68. The van der Waals surface area contributed by atoms with E-state index in [0.717, 1.165) is 0 Å². The highest BCUT2D eigenvalue weighted by Crippen LogP contribution is 2.31. The number of aromatic amines is 2. The van der Waals surface area contributed by atoms with Crippen LogP contribution in [0.5, 0.6) is 5.75 Å². The third-order valence-electron chi connectivity index (χ3n) is 3.61. The molecule has 0 atom stereocenters. The van der Waals surface area contributed by atoms with Gasteiger partial charge >= 0.3 is 6.16 Å². The van der Waals surface area contributed by atoms with Gasteiger partial charge in [-0.15, -0.1) is 0 Å². The van der Waals surface area contributed by atoms with Crippen LogP contribution < -0.4 is 15.0 Å². The molecule has 0 aliphatic heterocycles. The molecule has 0 unspecified atom stereocenters. The first-order valence-corrected chi connectivity index (χ1v) is 8.81. The molecule has 0 amide bonds. The lowest BCUT2D eigenvalue weighted by atomic mass is 10.1. The largest absolute Gasteiger partial charge is 0.513 e. The van der Waals surface area contributed by atoms with Crippen molar-refractivity contribution in [1.29, 1.82) is 0 Å². The van der Waals surface area contributed by atoms with Gasteiger partial charge in [-0.25, -0.2) is 17.9 Å². The van der Waals surface area contributed by atoms with Crippen molar-refractivity contribution in [3.05, 3.63) is 34.7 Å². The lowest BCUT2D eigenvalue weighted by Gasteiger charge is -2.07. The molecule has 0 radical (unpaired) electrons. The molecule has 3 aromatic rings. The fraction of sp³-hybridized carbons (Fsp3) is 0.200. The van der Waals surface area contributed by atoms with Crippen LogP contribution in [-0.4, -0.2) is 38.2 Å². The maximum Gasteiger partial charge on any atom is 0.513 e. The summed E-state index contributed by atoms with van der Waals surface area (Å²) in [4.78, 5) is 29.2. The number of carbonyl (C=O) groups excluding carboxylic acids is 1. The average molecular weight is 365 g/mol. The molecule has 2 heterocycles. The second-order valence-corrected chi connectivity index (χ2v) is 6.94. The SMILES string of the molecule is CCOC(=O)Oc1c[nH]c2c(=O)[nH]c3ccc(S(=O)(=O)NC)cc3c12. The third-order valence-corrected chi connectivity index (χ3v) is 5.03. The predicted octanol–water partition coefficient (Wildman–Crippen LogP) is 1.45. The van der Waals surface area contributed by atoms with Crippen molar-refractivity contribution in [2.75, 3.05) is 13.7 Å². The second kappa shape index (κ2) is 6.22. The van der Waals surface area contributed by atoms with E-state index in [0.29, 0.717) is 16.3 Å². The Hall–Kier alpha value is -2.85. The zero-order valence-electron chi connectivity index (χ0n) is 13.4. The van der Waals surface area contributed by atoms with Crippen LogP contribution in [0.2, 0.25) is 0 Å². The van der Waals surface area contributed by atoms with E-state index in [1.54, 1.807) is 6.92 Å². The number of hydrogen-bond donors (Lipinski definition) is 3. The van der Waals surface area contributed by atoms with Gasteiger partial charge in [0.25, 0.3) is 5.56 Å². The highest BCUT2D eigenvalue weighted by Gasteiger charge is 2.18. The van der Waals surface area contributed by atoms with Gasteiger partial charge in [-0.1, -0.05) is 0 Å². The molecule has 0 fully saturated rings. The summed E-state index contributed by atoms with van der Waals surface area (Å²) in [7, 11) is -2.38. The van der Waals surface area contributed by atoms with E-state index in [-0.39, 0.29) is 22.8 Å². The standard InChI is InChI=1S/C15H15N3O6S/c1-3-23-15(20)24-11-7-17-13-12(11)9-6-8(25(21,22)16-2)4-5-10(9)18-14(13)19/h4-7,16-17H,3H2,1-2H3,(H,18,19). The maximum absolute atomic E-state index is 12.2. The van der Waals surface area contributed by atoms with Crippen molar-refractivity contribution in [2.24, 2.45) is 0 Å². The summed E-state index contributed by atoms with van der Waals surface area (Å²) in [6.07, 6.45) is 0.422. The Balaban J connectivity index is 2.30. The number of pyridine rings is 1. The molecule has 3 N–H and O–H groups in total. The van der Waals surface area contributed by atoms with Crippen molar-refractivity contribution >= 4 is 38.0 Å². The van der Waals surface area contributed by atoms with E-state index >= 15 is 0 Å². The van der Waals surface area contributed by atoms with E-state index in [2.05, 4.69) is 14.7 Å². The van der Waals surface area contributed by atoms with E-state index in [4.69, 9.17) is 9.47 Å². The Morgan fingerprint density at radius 1 is 1.32 bits per heavy atom. The molecule has 0 aliphatic rings. The fourth-order valence-electron chi connectivity index (χ4n) is 2.48. The summed E-state index contributed by atoms with van der Waals surface area (Å²) in [5.41, 5.74) is 0.136. The highest BCUT2D eigenvalue weighted by molar-refractivity contribution is 7.89. The minimum Gasteiger partial charge on any atom is -0.434 e. The number of nitrogens with one attached hydrogen (secondary N) is 3. The van der Waals surface area contributed by atoms with Gasteiger partial charge in [0.15, 0.2) is 5.75 Å². The quantitative estimate of drug-likeness (QED) is 0.600. The highest BCUT2D eigenvalue weighted by atomic mass is 32.2. The van der Waals surface area contributed by atoms with Gasteiger partial charge in [-0.3, -0.25) is 4.79 Å². The van der Waals surface area contributed by atoms with Crippen molar-refractivity contribution in [1.82, 2.24) is 14.7 Å². The Morgan fingerprint density at radius 2 is 2.08 bits per heavy atom. The zero-order chi connectivity index (χ0) is 18.2. The van der Waals surface area contributed by atoms with Gasteiger partial charge in [-0.2, -0.15) is 0 Å². The molecule has 10 heteroatoms. The van der Waals surface area contributed by atoms with E-state index in [1.165, 1.54) is 31.4 Å². The van der Waals surface area contributed by atoms with Crippen LogP contribution in [0, 0.1) is 0 Å². The zero-order valence-corrected chi connectivity index (χ0v) is 14.2. The van der Waals surface area contributed by atoms with E-state index in [1.807, 2.05) is 0 Å². The molecule has 1 aromatic carbocycles. The van der Waals surface area contributed by atoms with Crippen LogP contribution in [0.3, 0.4) is 0 Å². The number of hydrogen-bond acceptors (Lipinski definition) is 6. The molecule has 0 bridgehead atoms.